The van der Waals surface area contributed by atoms with Crippen molar-refractivity contribution in [2.24, 2.45) is 5.73 Å². The first-order chi connectivity index (χ1) is 19.0. The molecule has 1 aliphatic rings. The zero-order valence-electron chi connectivity index (χ0n) is 20.9. The zero-order valence-corrected chi connectivity index (χ0v) is 21.6. The molecule has 0 radical (unpaired) electrons. The third-order valence-corrected chi connectivity index (χ3v) is 6.52. The molecule has 4 aromatic rings. The number of hydrogen-bond donors (Lipinski definition) is 1. The number of fused-ring (bicyclic) bond motifs is 1. The number of carbonyl (C=O) groups excluding carboxylic acids is 1. The van der Waals surface area contributed by atoms with Gasteiger partial charge < -0.3 is 24.7 Å². The van der Waals surface area contributed by atoms with E-state index in [1.807, 2.05) is 54.6 Å². The normalized spacial score (nSPS) is 14.0. The molecule has 0 spiro atoms. The third kappa shape index (κ3) is 5.52. The van der Waals surface area contributed by atoms with Gasteiger partial charge in [0.1, 0.15) is 41.2 Å². The van der Waals surface area contributed by atoms with Gasteiger partial charge in [-0.3, -0.25) is 0 Å². The van der Waals surface area contributed by atoms with Crippen molar-refractivity contribution in [3.63, 3.8) is 0 Å². The van der Waals surface area contributed by atoms with Crippen LogP contribution in [0.5, 0.6) is 23.0 Å². The van der Waals surface area contributed by atoms with Crippen LogP contribution >= 0.6 is 11.6 Å². The second-order valence-corrected chi connectivity index (χ2v) is 9.12. The Hall–Kier alpha value is -4.93. The van der Waals surface area contributed by atoms with E-state index in [4.69, 9.17) is 36.3 Å². The summed E-state index contributed by atoms with van der Waals surface area (Å²) in [6, 6.07) is 29.1. The smallest absolute Gasteiger partial charge is 0.343 e. The number of nitrogens with zero attached hydrogens (tertiary/aromatic N) is 1. The van der Waals surface area contributed by atoms with Crippen LogP contribution in [0, 0.1) is 11.3 Å². The number of rotatable bonds is 7. The van der Waals surface area contributed by atoms with Crippen molar-refractivity contribution in [3.05, 3.63) is 130 Å². The Bertz CT molecular complexity index is 1610. The van der Waals surface area contributed by atoms with E-state index in [1.54, 1.807) is 30.3 Å². The van der Waals surface area contributed by atoms with Crippen molar-refractivity contribution in [2.45, 2.75) is 12.5 Å². The molecule has 0 saturated heterocycles. The molecular weight excluding hydrogens is 516 g/mol. The highest BCUT2D eigenvalue weighted by Crippen LogP contribution is 2.44. The number of methoxy groups -OCH3 is 1. The van der Waals surface area contributed by atoms with E-state index >= 15 is 0 Å². The quantitative estimate of drug-likeness (QED) is 0.215. The number of ether oxygens (including phenoxy) is 4. The van der Waals surface area contributed by atoms with Crippen LogP contribution in [0.1, 0.15) is 33.0 Å². The highest BCUT2D eigenvalue weighted by Gasteiger charge is 2.31. The summed E-state index contributed by atoms with van der Waals surface area (Å²) in [4.78, 5) is 12.7. The van der Waals surface area contributed by atoms with Crippen LogP contribution in [0.25, 0.3) is 0 Å². The largest absolute Gasteiger partial charge is 0.495 e. The Labute approximate surface area is 230 Å². The summed E-state index contributed by atoms with van der Waals surface area (Å²) >= 11 is 6.14. The fourth-order valence-corrected chi connectivity index (χ4v) is 4.58. The van der Waals surface area contributed by atoms with Crippen molar-refractivity contribution >= 4 is 17.6 Å². The highest BCUT2D eigenvalue weighted by molar-refractivity contribution is 6.32. The van der Waals surface area contributed by atoms with Crippen LogP contribution in [-0.2, 0) is 6.61 Å². The first-order valence-corrected chi connectivity index (χ1v) is 12.4. The number of esters is 1. The molecule has 0 amide bonds. The monoisotopic (exact) mass is 538 g/mol. The van der Waals surface area contributed by atoms with Crippen LogP contribution < -0.4 is 24.7 Å². The molecule has 0 aromatic heterocycles. The number of benzene rings is 4. The summed E-state index contributed by atoms with van der Waals surface area (Å²) in [6.45, 7) is 0.409. The van der Waals surface area contributed by atoms with Gasteiger partial charge in [0.05, 0.1) is 23.6 Å². The maximum atomic E-state index is 12.7. The number of halogens is 1. The van der Waals surface area contributed by atoms with Crippen LogP contribution in [0.15, 0.2) is 102 Å². The van der Waals surface area contributed by atoms with Crippen LogP contribution in [-0.4, -0.2) is 13.1 Å². The SMILES string of the molecule is COc1ccc(C(=O)Oc2ccc3c(c2)OC(N)=C(C#N)C3c2cccc(OCc3ccccc3)c2)cc1Cl. The Kier molecular flexibility index (Phi) is 7.39. The molecule has 1 unspecified atom stereocenters. The molecule has 8 heteroatoms. The van der Waals surface area contributed by atoms with Crippen molar-refractivity contribution in [1.29, 1.82) is 5.26 Å². The van der Waals surface area contributed by atoms with E-state index < -0.39 is 11.9 Å². The minimum Gasteiger partial charge on any atom is -0.495 e. The van der Waals surface area contributed by atoms with Gasteiger partial charge in [-0.05, 0) is 47.5 Å². The second kappa shape index (κ2) is 11.2. The van der Waals surface area contributed by atoms with Gasteiger partial charge in [0.25, 0.3) is 0 Å². The molecule has 1 aliphatic heterocycles. The summed E-state index contributed by atoms with van der Waals surface area (Å²) < 4.78 is 22.5. The number of carbonyl (C=O) groups is 1. The molecule has 1 atom stereocenters. The van der Waals surface area contributed by atoms with Crippen LogP contribution in [0.2, 0.25) is 5.02 Å². The van der Waals surface area contributed by atoms with E-state index in [0.29, 0.717) is 34.4 Å². The fourth-order valence-electron chi connectivity index (χ4n) is 4.33. The summed E-state index contributed by atoms with van der Waals surface area (Å²) in [5.74, 6) is 0.620. The lowest BCUT2D eigenvalue weighted by Gasteiger charge is -2.27. The topological polar surface area (TPSA) is 104 Å². The summed E-state index contributed by atoms with van der Waals surface area (Å²) in [6.07, 6.45) is 0. The van der Waals surface area contributed by atoms with Gasteiger partial charge >= 0.3 is 5.97 Å². The zero-order chi connectivity index (χ0) is 27.4. The number of nitriles is 1. The highest BCUT2D eigenvalue weighted by atomic mass is 35.5. The molecule has 0 aliphatic carbocycles. The van der Waals surface area contributed by atoms with Crippen molar-refractivity contribution < 1.29 is 23.7 Å². The molecular formula is C31H23ClN2O5. The fraction of sp³-hybridized carbons (Fsp3) is 0.0968. The van der Waals surface area contributed by atoms with Crippen LogP contribution in [0.3, 0.4) is 0 Å². The Morgan fingerprint density at radius 2 is 1.82 bits per heavy atom. The van der Waals surface area contributed by atoms with E-state index in [1.165, 1.54) is 13.2 Å². The van der Waals surface area contributed by atoms with Gasteiger partial charge in [0, 0.05) is 11.6 Å². The summed E-state index contributed by atoms with van der Waals surface area (Å²) in [5.41, 5.74) is 9.25. The second-order valence-electron chi connectivity index (χ2n) is 8.71. The number of hydrogen-bond acceptors (Lipinski definition) is 7. The van der Waals surface area contributed by atoms with E-state index in [9.17, 15) is 10.1 Å². The average Bonchev–Trinajstić information content (AvgIpc) is 2.96. The molecule has 5 rings (SSSR count). The lowest BCUT2D eigenvalue weighted by atomic mass is 9.83. The van der Waals surface area contributed by atoms with Gasteiger partial charge in [0.2, 0.25) is 5.88 Å². The van der Waals surface area contributed by atoms with Crippen molar-refractivity contribution in [3.8, 4) is 29.1 Å². The first kappa shape index (κ1) is 25.7. The molecule has 7 nitrogen and oxygen atoms in total. The lowest BCUT2D eigenvalue weighted by Crippen LogP contribution is -2.21. The Morgan fingerprint density at radius 1 is 1.00 bits per heavy atom. The number of allylic oxidation sites excluding steroid dienone is 1. The van der Waals surface area contributed by atoms with Crippen molar-refractivity contribution in [1.82, 2.24) is 0 Å². The average molecular weight is 539 g/mol. The predicted molar refractivity (Wildman–Crippen MR) is 146 cm³/mol. The molecule has 0 fully saturated rings. The summed E-state index contributed by atoms with van der Waals surface area (Å²) in [5, 5.41) is 10.2. The maximum Gasteiger partial charge on any atom is 0.343 e. The molecule has 2 N–H and O–H groups in total. The summed E-state index contributed by atoms with van der Waals surface area (Å²) in [7, 11) is 1.49. The van der Waals surface area contributed by atoms with E-state index in [0.717, 1.165) is 11.1 Å². The minimum atomic E-state index is -0.601. The van der Waals surface area contributed by atoms with E-state index in [2.05, 4.69) is 6.07 Å². The van der Waals surface area contributed by atoms with E-state index in [-0.39, 0.29) is 22.8 Å². The standard InChI is InChI=1S/C31H23ClN2O5/c1-36-27-13-10-21(15-26(27)32)31(35)38-23-11-12-24-28(16-23)39-30(34)25(17-33)29(24)20-8-5-9-22(14-20)37-18-19-6-3-2-4-7-19/h2-16,29H,18,34H2,1H3. The lowest BCUT2D eigenvalue weighted by molar-refractivity contribution is 0.0734. The molecule has 1 heterocycles. The number of nitrogens with two attached hydrogens (primary N) is 1. The molecule has 39 heavy (non-hydrogen) atoms. The van der Waals surface area contributed by atoms with Gasteiger partial charge in [-0.15, -0.1) is 0 Å². The predicted octanol–water partition coefficient (Wildman–Crippen LogP) is 6.36. The Morgan fingerprint density at radius 3 is 2.56 bits per heavy atom. The molecule has 0 bridgehead atoms. The van der Waals surface area contributed by atoms with Gasteiger partial charge in [-0.2, -0.15) is 5.26 Å². The minimum absolute atomic E-state index is 0.0176. The van der Waals surface area contributed by atoms with Crippen molar-refractivity contribution in [2.75, 3.05) is 7.11 Å². The van der Waals surface area contributed by atoms with Crippen LogP contribution in [0.4, 0.5) is 0 Å². The van der Waals surface area contributed by atoms with Gasteiger partial charge in [-0.25, -0.2) is 4.79 Å². The third-order valence-electron chi connectivity index (χ3n) is 6.23. The first-order valence-electron chi connectivity index (χ1n) is 12.0. The maximum absolute atomic E-state index is 12.7. The molecule has 194 valence electrons. The van der Waals surface area contributed by atoms with Gasteiger partial charge in [0.15, 0.2) is 0 Å². The molecule has 0 saturated carbocycles. The Balaban J connectivity index is 1.41. The molecule has 4 aromatic carbocycles. The van der Waals surface area contributed by atoms with Gasteiger partial charge in [-0.1, -0.05) is 60.1 Å².